The van der Waals surface area contributed by atoms with Gasteiger partial charge in [0.25, 0.3) is 5.91 Å². The van der Waals surface area contributed by atoms with Gasteiger partial charge in [0.15, 0.2) is 11.5 Å². The molecule has 5 aromatic rings. The van der Waals surface area contributed by atoms with E-state index in [1.54, 1.807) is 47.9 Å². The van der Waals surface area contributed by atoms with E-state index in [1.165, 1.54) is 11.8 Å². The quantitative estimate of drug-likeness (QED) is 0.193. The summed E-state index contributed by atoms with van der Waals surface area (Å²) >= 11 is 6.34. The Kier molecular flexibility index (Phi) is 10.6. The molecule has 13 nitrogen and oxygen atoms in total. The molecule has 6 rings (SSSR count). The van der Waals surface area contributed by atoms with Crippen LogP contribution in [0.15, 0.2) is 77.7 Å². The predicted molar refractivity (Wildman–Crippen MR) is 185 cm³/mol. The molecular formula is C35H38ClN7O6. The third-order valence-corrected chi connectivity index (χ3v) is 8.59. The van der Waals surface area contributed by atoms with Crippen LogP contribution in [0.5, 0.6) is 17.2 Å². The first-order valence-electron chi connectivity index (χ1n) is 15.8. The smallest absolute Gasteiger partial charge is 0.346 e. The average molecular weight is 688 g/mol. The molecule has 0 saturated carbocycles. The molecule has 0 aliphatic carbocycles. The molecule has 3 heterocycles. The predicted octanol–water partition coefficient (Wildman–Crippen LogP) is 4.27. The van der Waals surface area contributed by atoms with Crippen molar-refractivity contribution in [3.05, 3.63) is 105 Å². The summed E-state index contributed by atoms with van der Waals surface area (Å²) < 4.78 is 26.3. The molecule has 14 heteroatoms. The van der Waals surface area contributed by atoms with E-state index in [-0.39, 0.29) is 23.5 Å². The van der Waals surface area contributed by atoms with Crippen LogP contribution in [0.25, 0.3) is 11.5 Å². The maximum absolute atomic E-state index is 14.0. The standard InChI is InChI=1S/C35H38ClN7O6/c1-46-26-11-7-24(8-12-26)21-41-23-30(37-34(44)28-5-4-6-29(36)32(28)48-3)31(38-41)33-39-43(16-15-40-17-19-49-20-18-40)35(45)42(33)22-25-9-13-27(47-2)14-10-25/h4-14,23H,15-22H2,1-3H3,(H,37,44). The molecule has 0 spiro atoms. The molecule has 256 valence electrons. The second kappa shape index (κ2) is 15.4. The summed E-state index contributed by atoms with van der Waals surface area (Å²) in [6.45, 7) is 4.47. The van der Waals surface area contributed by atoms with Crippen molar-refractivity contribution in [2.45, 2.75) is 19.6 Å². The van der Waals surface area contributed by atoms with Crippen molar-refractivity contribution in [3.8, 4) is 28.8 Å². The lowest BCUT2D eigenvalue weighted by molar-refractivity contribution is 0.0358. The van der Waals surface area contributed by atoms with Gasteiger partial charge in [-0.05, 0) is 47.5 Å². The number of nitrogens with zero attached hydrogens (tertiary/aromatic N) is 6. The maximum Gasteiger partial charge on any atom is 0.346 e. The second-order valence-corrected chi connectivity index (χ2v) is 11.8. The highest BCUT2D eigenvalue weighted by molar-refractivity contribution is 6.32. The summed E-state index contributed by atoms with van der Waals surface area (Å²) in [5, 5.41) is 13.0. The lowest BCUT2D eigenvalue weighted by atomic mass is 10.1. The lowest BCUT2D eigenvalue weighted by Crippen LogP contribution is -2.39. The number of methoxy groups -OCH3 is 3. The molecule has 0 radical (unpaired) electrons. The van der Waals surface area contributed by atoms with Crippen LogP contribution in [0.1, 0.15) is 21.5 Å². The van der Waals surface area contributed by atoms with E-state index in [0.717, 1.165) is 30.0 Å². The first kappa shape index (κ1) is 33.8. The Morgan fingerprint density at radius 3 is 2.14 bits per heavy atom. The highest BCUT2D eigenvalue weighted by atomic mass is 35.5. The van der Waals surface area contributed by atoms with Crippen molar-refractivity contribution in [1.82, 2.24) is 29.0 Å². The molecular weight excluding hydrogens is 650 g/mol. The molecule has 0 bridgehead atoms. The molecule has 1 amide bonds. The van der Waals surface area contributed by atoms with Crippen molar-refractivity contribution in [2.24, 2.45) is 0 Å². The van der Waals surface area contributed by atoms with Gasteiger partial charge in [-0.3, -0.25) is 18.9 Å². The van der Waals surface area contributed by atoms with Crippen LogP contribution in [-0.4, -0.2) is 89.1 Å². The van der Waals surface area contributed by atoms with Crippen LogP contribution in [0.3, 0.4) is 0 Å². The minimum Gasteiger partial charge on any atom is -0.497 e. The summed E-state index contributed by atoms with van der Waals surface area (Å²) in [5.74, 6) is 1.54. The number of hydrogen-bond donors (Lipinski definition) is 1. The Morgan fingerprint density at radius 2 is 1.51 bits per heavy atom. The minimum absolute atomic E-state index is 0.219. The monoisotopic (exact) mass is 687 g/mol. The van der Waals surface area contributed by atoms with E-state index in [9.17, 15) is 9.59 Å². The summed E-state index contributed by atoms with van der Waals surface area (Å²) in [5.41, 5.74) is 2.47. The van der Waals surface area contributed by atoms with E-state index in [0.29, 0.717) is 60.8 Å². The van der Waals surface area contributed by atoms with E-state index < -0.39 is 5.91 Å². The number of para-hydroxylation sites is 1. The van der Waals surface area contributed by atoms with Crippen molar-refractivity contribution < 1.29 is 23.7 Å². The van der Waals surface area contributed by atoms with Gasteiger partial charge in [-0.15, -0.1) is 5.10 Å². The van der Waals surface area contributed by atoms with Gasteiger partial charge in [-0.25, -0.2) is 9.48 Å². The van der Waals surface area contributed by atoms with Gasteiger partial charge in [0.05, 0.1) is 70.5 Å². The van der Waals surface area contributed by atoms with E-state index in [1.807, 2.05) is 48.5 Å². The summed E-state index contributed by atoms with van der Waals surface area (Å²) in [6.07, 6.45) is 1.73. The summed E-state index contributed by atoms with van der Waals surface area (Å²) in [7, 11) is 4.68. The number of ether oxygens (including phenoxy) is 4. The number of anilines is 1. The first-order valence-corrected chi connectivity index (χ1v) is 16.2. The van der Waals surface area contributed by atoms with Crippen LogP contribution in [0.4, 0.5) is 5.69 Å². The fraction of sp³-hybridized carbons (Fsp3) is 0.314. The molecule has 1 N–H and O–H groups in total. The molecule has 0 atom stereocenters. The van der Waals surface area contributed by atoms with Gasteiger partial charge >= 0.3 is 5.69 Å². The van der Waals surface area contributed by atoms with Gasteiger partial charge < -0.3 is 24.3 Å². The number of nitrogens with one attached hydrogen (secondary N) is 1. The van der Waals surface area contributed by atoms with Gasteiger partial charge in [-0.1, -0.05) is 41.9 Å². The fourth-order valence-electron chi connectivity index (χ4n) is 5.64. The number of aromatic nitrogens is 5. The maximum atomic E-state index is 14.0. The SMILES string of the molecule is COc1ccc(Cn2cc(NC(=O)c3cccc(Cl)c3OC)c(-c3nn(CCN4CCOCC4)c(=O)n3Cc3ccc(OC)cc3)n2)cc1. The molecule has 2 aromatic heterocycles. The third-order valence-electron chi connectivity index (χ3n) is 8.30. The summed E-state index contributed by atoms with van der Waals surface area (Å²) in [4.78, 5) is 30.0. The van der Waals surface area contributed by atoms with Crippen LogP contribution < -0.4 is 25.2 Å². The number of carbonyl (C=O) groups excluding carboxylic acids is 1. The number of rotatable bonds is 13. The normalized spacial score (nSPS) is 13.3. The van der Waals surface area contributed by atoms with Crippen molar-refractivity contribution in [1.29, 1.82) is 0 Å². The topological polar surface area (TPSA) is 127 Å². The molecule has 1 aliphatic rings. The van der Waals surface area contributed by atoms with Crippen LogP contribution in [0, 0.1) is 0 Å². The highest BCUT2D eigenvalue weighted by Crippen LogP contribution is 2.31. The zero-order valence-corrected chi connectivity index (χ0v) is 28.4. The number of morpholine rings is 1. The number of hydrogen-bond acceptors (Lipinski definition) is 9. The first-order chi connectivity index (χ1) is 23.9. The van der Waals surface area contributed by atoms with Crippen LogP contribution >= 0.6 is 11.6 Å². The van der Waals surface area contributed by atoms with E-state index >= 15 is 0 Å². The van der Waals surface area contributed by atoms with Crippen LogP contribution in [0.2, 0.25) is 5.02 Å². The number of carbonyl (C=O) groups is 1. The van der Waals surface area contributed by atoms with Crippen molar-refractivity contribution in [2.75, 3.05) is 59.5 Å². The Bertz CT molecular complexity index is 1950. The molecule has 1 fully saturated rings. The third kappa shape index (κ3) is 7.80. The minimum atomic E-state index is -0.458. The van der Waals surface area contributed by atoms with Gasteiger partial charge in [0.2, 0.25) is 0 Å². The van der Waals surface area contributed by atoms with Gasteiger partial charge in [0, 0.05) is 25.8 Å². The van der Waals surface area contributed by atoms with Gasteiger partial charge in [-0.2, -0.15) is 5.10 Å². The van der Waals surface area contributed by atoms with Crippen LogP contribution in [-0.2, 0) is 24.4 Å². The number of halogens is 1. The summed E-state index contributed by atoms with van der Waals surface area (Å²) in [6, 6.07) is 20.1. The Labute approximate surface area is 288 Å². The molecule has 1 saturated heterocycles. The molecule has 3 aromatic carbocycles. The Balaban J connectivity index is 1.42. The van der Waals surface area contributed by atoms with E-state index in [4.69, 9.17) is 40.7 Å². The van der Waals surface area contributed by atoms with E-state index in [2.05, 4.69) is 10.2 Å². The molecule has 0 unspecified atom stereocenters. The van der Waals surface area contributed by atoms with Gasteiger partial charge in [0.1, 0.15) is 17.2 Å². The average Bonchev–Trinajstić information content (AvgIpc) is 3.66. The van der Waals surface area contributed by atoms with Crippen molar-refractivity contribution >= 4 is 23.2 Å². The van der Waals surface area contributed by atoms with Crippen molar-refractivity contribution in [3.63, 3.8) is 0 Å². The molecule has 1 aliphatic heterocycles. The Hall–Kier alpha value is -5.11. The Morgan fingerprint density at radius 1 is 0.857 bits per heavy atom. The fourth-order valence-corrected chi connectivity index (χ4v) is 5.89. The zero-order valence-electron chi connectivity index (χ0n) is 27.6. The molecule has 49 heavy (non-hydrogen) atoms. The number of amides is 1. The number of benzene rings is 3. The zero-order chi connectivity index (χ0) is 34.3. The lowest BCUT2D eigenvalue weighted by Gasteiger charge is -2.26. The largest absolute Gasteiger partial charge is 0.497 e. The highest BCUT2D eigenvalue weighted by Gasteiger charge is 2.25. The second-order valence-electron chi connectivity index (χ2n) is 11.4.